The third kappa shape index (κ3) is 4.19. The van der Waals surface area contributed by atoms with E-state index in [1.54, 1.807) is 31.5 Å². The molecule has 1 atom stereocenters. The van der Waals surface area contributed by atoms with Gasteiger partial charge in [0.05, 0.1) is 48.2 Å². The van der Waals surface area contributed by atoms with Crippen molar-refractivity contribution in [3.05, 3.63) is 66.1 Å². The molecule has 6 rings (SSSR count). The summed E-state index contributed by atoms with van der Waals surface area (Å²) in [6, 6.07) is 12.9. The molecule has 38 heavy (non-hydrogen) atoms. The third-order valence-corrected chi connectivity index (χ3v) is 6.39. The van der Waals surface area contributed by atoms with Crippen molar-refractivity contribution in [1.29, 1.82) is 0 Å². The number of carbonyl (C=O) groups is 1. The Morgan fingerprint density at radius 2 is 2.00 bits per heavy atom. The molecule has 192 valence electrons. The number of nitrogens with zero attached hydrogens (tertiary/aromatic N) is 4. The van der Waals surface area contributed by atoms with Crippen LogP contribution in [0.3, 0.4) is 0 Å². The molecule has 10 heteroatoms. The van der Waals surface area contributed by atoms with Crippen LogP contribution in [0.4, 0.5) is 10.5 Å². The van der Waals surface area contributed by atoms with E-state index in [2.05, 4.69) is 15.0 Å². The highest BCUT2D eigenvalue weighted by molar-refractivity contribution is 5.96. The molecular weight excluding hydrogens is 488 g/mol. The maximum atomic E-state index is 11.9. The predicted octanol–water partition coefficient (Wildman–Crippen LogP) is 5.39. The minimum atomic E-state index is -1.09. The van der Waals surface area contributed by atoms with Crippen LogP contribution >= 0.6 is 0 Å². The Hall–Kier alpha value is -4.86. The second kappa shape index (κ2) is 9.22. The standard InChI is InChI=1S/C28H24N4O6/c1-15-8-19(26-21(9-15)31-25(35-3)12-30-26)24-10-20-22(38-24)6-7-23-27(20)36-14-18(37-23)13-32(28(33)34)17-5-4-16(2)29-11-17/h4-12,18H,13-14H2,1-3H3,(H,33,34). The summed E-state index contributed by atoms with van der Waals surface area (Å²) in [6.07, 6.45) is 1.52. The lowest BCUT2D eigenvalue weighted by molar-refractivity contribution is 0.0960. The van der Waals surface area contributed by atoms with Gasteiger partial charge in [-0.05, 0) is 61.9 Å². The van der Waals surface area contributed by atoms with Crippen LogP contribution in [0.15, 0.2) is 59.3 Å². The summed E-state index contributed by atoms with van der Waals surface area (Å²) in [5.74, 6) is 2.13. The van der Waals surface area contributed by atoms with Gasteiger partial charge >= 0.3 is 6.09 Å². The number of rotatable bonds is 5. The number of anilines is 1. The summed E-state index contributed by atoms with van der Waals surface area (Å²) in [4.78, 5) is 26.4. The zero-order valence-corrected chi connectivity index (χ0v) is 21.0. The van der Waals surface area contributed by atoms with Gasteiger partial charge in [-0.3, -0.25) is 9.88 Å². The molecule has 0 radical (unpaired) electrons. The molecule has 5 aromatic rings. The first-order chi connectivity index (χ1) is 18.4. The normalized spacial score (nSPS) is 14.6. The molecule has 3 aromatic heterocycles. The van der Waals surface area contributed by atoms with Gasteiger partial charge in [0.15, 0.2) is 17.6 Å². The van der Waals surface area contributed by atoms with E-state index in [1.165, 1.54) is 11.1 Å². The average Bonchev–Trinajstić information content (AvgIpc) is 3.36. The van der Waals surface area contributed by atoms with Crippen molar-refractivity contribution in [1.82, 2.24) is 15.0 Å². The molecule has 4 heterocycles. The van der Waals surface area contributed by atoms with Gasteiger partial charge in [-0.25, -0.2) is 14.8 Å². The quantitative estimate of drug-likeness (QED) is 0.330. The fourth-order valence-electron chi connectivity index (χ4n) is 4.57. The van der Waals surface area contributed by atoms with Crippen molar-refractivity contribution in [2.45, 2.75) is 20.0 Å². The molecule has 1 unspecified atom stereocenters. The number of hydrogen-bond donors (Lipinski definition) is 1. The summed E-state index contributed by atoms with van der Waals surface area (Å²) >= 11 is 0. The molecule has 2 aromatic carbocycles. The largest absolute Gasteiger partial charge is 0.485 e. The fourth-order valence-corrected chi connectivity index (χ4v) is 4.57. The van der Waals surface area contributed by atoms with Crippen LogP contribution < -0.4 is 19.1 Å². The molecule has 0 fully saturated rings. The number of aromatic nitrogens is 3. The van der Waals surface area contributed by atoms with Crippen LogP contribution in [0, 0.1) is 13.8 Å². The van der Waals surface area contributed by atoms with Gasteiger partial charge in [-0.15, -0.1) is 0 Å². The maximum absolute atomic E-state index is 11.9. The van der Waals surface area contributed by atoms with E-state index in [4.69, 9.17) is 18.6 Å². The SMILES string of the molecule is COc1cnc2c(-c3cc4c5c(ccc4o3)OC(CN(C(=O)O)c3ccc(C)nc3)CO5)cc(C)cc2n1. The fraction of sp³-hybridized carbons (Fsp3) is 0.214. The first-order valence-corrected chi connectivity index (χ1v) is 12.0. The Balaban J connectivity index is 1.31. The highest BCUT2D eigenvalue weighted by Gasteiger charge is 2.29. The summed E-state index contributed by atoms with van der Waals surface area (Å²) in [6.45, 7) is 4.09. The van der Waals surface area contributed by atoms with E-state index in [9.17, 15) is 9.90 Å². The monoisotopic (exact) mass is 512 g/mol. The first-order valence-electron chi connectivity index (χ1n) is 12.0. The molecular formula is C28H24N4O6. The van der Waals surface area contributed by atoms with Crippen molar-refractivity contribution in [3.63, 3.8) is 0 Å². The highest BCUT2D eigenvalue weighted by atomic mass is 16.6. The zero-order valence-electron chi connectivity index (χ0n) is 21.0. The van der Waals surface area contributed by atoms with E-state index in [1.807, 2.05) is 38.1 Å². The molecule has 0 bridgehead atoms. The van der Waals surface area contributed by atoms with Crippen molar-refractivity contribution in [2.24, 2.45) is 0 Å². The number of pyridine rings is 1. The predicted molar refractivity (Wildman–Crippen MR) is 140 cm³/mol. The van der Waals surface area contributed by atoms with Gasteiger partial charge in [0.25, 0.3) is 0 Å². The van der Waals surface area contributed by atoms with Gasteiger partial charge in [0.1, 0.15) is 18.0 Å². The van der Waals surface area contributed by atoms with Crippen molar-refractivity contribution >= 4 is 33.8 Å². The van der Waals surface area contributed by atoms with Crippen LogP contribution in [0.1, 0.15) is 11.3 Å². The van der Waals surface area contributed by atoms with E-state index < -0.39 is 12.2 Å². The summed E-state index contributed by atoms with van der Waals surface area (Å²) in [5.41, 5.74) is 5.12. The molecule has 1 aliphatic heterocycles. The second-order valence-corrected chi connectivity index (χ2v) is 9.11. The first kappa shape index (κ1) is 23.5. The molecule has 10 nitrogen and oxygen atoms in total. The molecule has 1 N–H and O–H groups in total. The van der Waals surface area contributed by atoms with E-state index in [0.29, 0.717) is 45.4 Å². The van der Waals surface area contributed by atoms with Gasteiger partial charge < -0.3 is 23.7 Å². The average molecular weight is 513 g/mol. The minimum absolute atomic E-state index is 0.0889. The lowest BCUT2D eigenvalue weighted by atomic mass is 10.1. The second-order valence-electron chi connectivity index (χ2n) is 9.11. The lowest BCUT2D eigenvalue weighted by Crippen LogP contribution is -2.43. The Kier molecular flexibility index (Phi) is 5.71. The van der Waals surface area contributed by atoms with Crippen molar-refractivity contribution in [3.8, 4) is 28.7 Å². The highest BCUT2D eigenvalue weighted by Crippen LogP contribution is 2.43. The number of carboxylic acid groups (broad SMARTS) is 1. The number of hydrogen-bond acceptors (Lipinski definition) is 8. The van der Waals surface area contributed by atoms with Crippen LogP contribution in [-0.4, -0.2) is 52.5 Å². The van der Waals surface area contributed by atoms with E-state index in [-0.39, 0.29) is 13.2 Å². The number of furan rings is 1. The smallest absolute Gasteiger partial charge is 0.411 e. The van der Waals surface area contributed by atoms with Crippen LogP contribution in [0.5, 0.6) is 17.4 Å². The number of benzene rings is 2. The van der Waals surface area contributed by atoms with Gasteiger partial charge in [0, 0.05) is 11.3 Å². The number of methoxy groups -OCH3 is 1. The number of aryl methyl sites for hydroxylation is 2. The van der Waals surface area contributed by atoms with Gasteiger partial charge in [-0.1, -0.05) is 0 Å². The summed E-state index contributed by atoms with van der Waals surface area (Å²) in [5, 5.41) is 10.5. The Morgan fingerprint density at radius 3 is 2.76 bits per heavy atom. The summed E-state index contributed by atoms with van der Waals surface area (Å²) in [7, 11) is 1.56. The van der Waals surface area contributed by atoms with E-state index >= 15 is 0 Å². The molecule has 0 aliphatic carbocycles. The lowest BCUT2D eigenvalue weighted by Gasteiger charge is -2.30. The van der Waals surface area contributed by atoms with Crippen LogP contribution in [-0.2, 0) is 0 Å². The topological polar surface area (TPSA) is 120 Å². The Morgan fingerprint density at radius 1 is 1.13 bits per heavy atom. The van der Waals surface area contributed by atoms with Crippen LogP contribution in [0.2, 0.25) is 0 Å². The summed E-state index contributed by atoms with van der Waals surface area (Å²) < 4.78 is 23.7. The van der Waals surface area contributed by atoms with Crippen molar-refractivity contribution in [2.75, 3.05) is 25.2 Å². The van der Waals surface area contributed by atoms with Crippen LogP contribution in [0.25, 0.3) is 33.3 Å². The Labute approximate surface area is 217 Å². The molecule has 0 spiro atoms. The number of ether oxygens (including phenoxy) is 3. The third-order valence-electron chi connectivity index (χ3n) is 6.39. The number of fused-ring (bicyclic) bond motifs is 4. The maximum Gasteiger partial charge on any atom is 0.411 e. The van der Waals surface area contributed by atoms with Crippen molar-refractivity contribution < 1.29 is 28.5 Å². The molecule has 0 saturated carbocycles. The molecule has 1 aliphatic rings. The van der Waals surface area contributed by atoms with Gasteiger partial charge in [0.2, 0.25) is 5.88 Å². The Bertz CT molecular complexity index is 1680. The molecule has 0 saturated heterocycles. The zero-order chi connectivity index (χ0) is 26.4. The molecule has 1 amide bonds. The van der Waals surface area contributed by atoms with E-state index in [0.717, 1.165) is 22.2 Å². The van der Waals surface area contributed by atoms with Gasteiger partial charge in [-0.2, -0.15) is 0 Å². The number of amides is 1. The minimum Gasteiger partial charge on any atom is -0.485 e.